The van der Waals surface area contributed by atoms with Crippen molar-refractivity contribution in [2.24, 2.45) is 0 Å². The number of nitrogens with one attached hydrogen (secondary N) is 1. The summed E-state index contributed by atoms with van der Waals surface area (Å²) >= 11 is 1.36. The summed E-state index contributed by atoms with van der Waals surface area (Å²) in [6.45, 7) is 8.50. The molecule has 0 unspecified atom stereocenters. The number of carbonyl (C=O) groups excluding carboxylic acids is 2. The van der Waals surface area contributed by atoms with Crippen LogP contribution in [0.1, 0.15) is 27.2 Å². The van der Waals surface area contributed by atoms with Crippen molar-refractivity contribution in [2.75, 3.05) is 37.6 Å². The monoisotopic (exact) mass is 341 g/mol. The van der Waals surface area contributed by atoms with Crippen molar-refractivity contribution >= 4 is 28.7 Å². The molecule has 1 saturated heterocycles. The van der Waals surface area contributed by atoms with Crippen LogP contribution in [0.5, 0.6) is 0 Å². The zero-order valence-electron chi connectivity index (χ0n) is 13.7. The average molecular weight is 341 g/mol. The van der Waals surface area contributed by atoms with Gasteiger partial charge in [0.15, 0.2) is 0 Å². The van der Waals surface area contributed by atoms with Crippen molar-refractivity contribution in [3.8, 4) is 0 Å². The molecule has 23 heavy (non-hydrogen) atoms. The molecule has 1 N–H and O–H groups in total. The summed E-state index contributed by atoms with van der Waals surface area (Å²) in [6.07, 6.45) is 1.32. The summed E-state index contributed by atoms with van der Waals surface area (Å²) in [7, 11) is 0. The lowest BCUT2D eigenvalue weighted by Gasteiger charge is -2.34. The SMILES string of the molecule is CC(C)(C)OC(=O)NCCC(=O)N1CCN(c2ncns2)CC1. The molecule has 8 nitrogen and oxygen atoms in total. The van der Waals surface area contributed by atoms with Crippen molar-refractivity contribution in [1.29, 1.82) is 0 Å². The van der Waals surface area contributed by atoms with Crippen LogP contribution in [-0.4, -0.2) is 64.6 Å². The van der Waals surface area contributed by atoms with Crippen LogP contribution >= 0.6 is 11.5 Å². The summed E-state index contributed by atoms with van der Waals surface area (Å²) in [5.41, 5.74) is -0.533. The van der Waals surface area contributed by atoms with Crippen LogP contribution in [0.25, 0.3) is 0 Å². The Balaban J connectivity index is 1.66. The van der Waals surface area contributed by atoms with Gasteiger partial charge in [0.25, 0.3) is 0 Å². The molecule has 128 valence electrons. The quantitative estimate of drug-likeness (QED) is 0.882. The highest BCUT2D eigenvalue weighted by Gasteiger charge is 2.22. The smallest absolute Gasteiger partial charge is 0.407 e. The third kappa shape index (κ3) is 5.66. The summed E-state index contributed by atoms with van der Waals surface area (Å²) in [4.78, 5) is 31.8. The molecule has 0 atom stereocenters. The molecule has 2 rings (SSSR count). The maximum absolute atomic E-state index is 12.1. The van der Waals surface area contributed by atoms with Crippen molar-refractivity contribution in [2.45, 2.75) is 32.8 Å². The largest absolute Gasteiger partial charge is 0.444 e. The fourth-order valence-electron chi connectivity index (χ4n) is 2.20. The van der Waals surface area contributed by atoms with E-state index in [2.05, 4.69) is 19.6 Å². The zero-order chi connectivity index (χ0) is 16.9. The first-order valence-electron chi connectivity index (χ1n) is 7.61. The van der Waals surface area contributed by atoms with Crippen LogP contribution in [0.4, 0.5) is 9.93 Å². The molecule has 0 aromatic carbocycles. The average Bonchev–Trinajstić information content (AvgIpc) is 2.99. The van der Waals surface area contributed by atoms with E-state index in [1.165, 1.54) is 11.5 Å². The molecule has 2 heterocycles. The van der Waals surface area contributed by atoms with Crippen molar-refractivity contribution in [3.63, 3.8) is 0 Å². The van der Waals surface area contributed by atoms with Gasteiger partial charge in [0, 0.05) is 50.7 Å². The van der Waals surface area contributed by atoms with E-state index < -0.39 is 11.7 Å². The minimum Gasteiger partial charge on any atom is -0.444 e. The molecule has 0 aliphatic carbocycles. The van der Waals surface area contributed by atoms with Gasteiger partial charge in [-0.25, -0.2) is 9.78 Å². The van der Waals surface area contributed by atoms with E-state index in [4.69, 9.17) is 4.74 Å². The number of alkyl carbamates (subject to hydrolysis) is 1. The highest BCUT2D eigenvalue weighted by atomic mass is 32.1. The number of amides is 2. The molecule has 0 spiro atoms. The Labute approximate surface area is 140 Å². The Morgan fingerprint density at radius 1 is 1.30 bits per heavy atom. The second-order valence-electron chi connectivity index (χ2n) is 6.27. The molecule has 9 heteroatoms. The molecular weight excluding hydrogens is 318 g/mol. The van der Waals surface area contributed by atoms with Gasteiger partial charge in [0.05, 0.1) is 0 Å². The lowest BCUT2D eigenvalue weighted by atomic mass is 10.2. The topological polar surface area (TPSA) is 87.7 Å². The molecule has 1 aliphatic rings. The third-order valence-corrected chi connectivity index (χ3v) is 3.99. The molecule has 0 bridgehead atoms. The molecular formula is C14H23N5O3S. The van der Waals surface area contributed by atoms with Crippen LogP contribution in [0.2, 0.25) is 0 Å². The minimum absolute atomic E-state index is 0.0398. The first-order valence-corrected chi connectivity index (χ1v) is 8.39. The fraction of sp³-hybridized carbons (Fsp3) is 0.714. The Morgan fingerprint density at radius 2 is 2.00 bits per heavy atom. The number of piperazine rings is 1. The zero-order valence-corrected chi connectivity index (χ0v) is 14.6. The summed E-state index contributed by atoms with van der Waals surface area (Å²) < 4.78 is 9.12. The van der Waals surface area contributed by atoms with E-state index in [1.807, 2.05) is 4.90 Å². The van der Waals surface area contributed by atoms with Crippen molar-refractivity contribution in [1.82, 2.24) is 19.6 Å². The predicted octanol–water partition coefficient (Wildman–Crippen LogP) is 1.10. The number of ether oxygens (including phenoxy) is 1. The number of rotatable bonds is 4. The highest BCUT2D eigenvalue weighted by Crippen LogP contribution is 2.16. The van der Waals surface area contributed by atoms with Crippen molar-refractivity contribution in [3.05, 3.63) is 6.33 Å². The first kappa shape index (κ1) is 17.5. The Hall–Kier alpha value is -1.90. The Bertz CT molecular complexity index is 521. The summed E-state index contributed by atoms with van der Waals surface area (Å²) in [5, 5.41) is 3.50. The van der Waals surface area contributed by atoms with Gasteiger partial charge in [-0.2, -0.15) is 4.37 Å². The second kappa shape index (κ2) is 7.58. The van der Waals surface area contributed by atoms with Gasteiger partial charge >= 0.3 is 6.09 Å². The molecule has 2 amide bonds. The normalized spacial score (nSPS) is 15.4. The molecule has 0 radical (unpaired) electrons. The number of aromatic nitrogens is 2. The van der Waals surface area contributed by atoms with Crippen LogP contribution in [0, 0.1) is 0 Å². The molecule has 1 aromatic rings. The van der Waals surface area contributed by atoms with Gasteiger partial charge in [-0.05, 0) is 20.8 Å². The minimum atomic E-state index is -0.533. The van der Waals surface area contributed by atoms with Crippen LogP contribution in [0.15, 0.2) is 6.33 Å². The highest BCUT2D eigenvalue weighted by molar-refractivity contribution is 7.09. The van der Waals surface area contributed by atoms with Crippen LogP contribution < -0.4 is 10.2 Å². The number of carbonyl (C=O) groups is 2. The van der Waals surface area contributed by atoms with Crippen LogP contribution in [-0.2, 0) is 9.53 Å². The number of hydrogen-bond donors (Lipinski definition) is 1. The van der Waals surface area contributed by atoms with Gasteiger partial charge in [-0.1, -0.05) is 0 Å². The van der Waals surface area contributed by atoms with E-state index >= 15 is 0 Å². The van der Waals surface area contributed by atoms with E-state index in [0.717, 1.165) is 18.2 Å². The Morgan fingerprint density at radius 3 is 2.57 bits per heavy atom. The summed E-state index contributed by atoms with van der Waals surface area (Å²) in [6, 6.07) is 0. The van der Waals surface area contributed by atoms with Crippen molar-refractivity contribution < 1.29 is 14.3 Å². The maximum atomic E-state index is 12.1. The van der Waals surface area contributed by atoms with E-state index in [9.17, 15) is 9.59 Å². The fourth-order valence-corrected chi connectivity index (χ4v) is 2.78. The number of anilines is 1. The van der Waals surface area contributed by atoms with E-state index in [0.29, 0.717) is 13.1 Å². The van der Waals surface area contributed by atoms with Gasteiger partial charge < -0.3 is 19.9 Å². The summed E-state index contributed by atoms with van der Waals surface area (Å²) in [5.74, 6) is 0.0398. The first-order chi connectivity index (χ1) is 10.8. The number of nitrogens with zero attached hydrogens (tertiary/aromatic N) is 4. The standard InChI is InChI=1S/C14H23N5O3S/c1-14(2,3)22-13(21)15-5-4-11(20)18-6-8-19(9-7-18)12-16-10-17-23-12/h10H,4-9H2,1-3H3,(H,15,21). The molecule has 0 saturated carbocycles. The molecule has 1 fully saturated rings. The van der Waals surface area contributed by atoms with Crippen LogP contribution in [0.3, 0.4) is 0 Å². The lowest BCUT2D eigenvalue weighted by Crippen LogP contribution is -2.49. The van der Waals surface area contributed by atoms with Gasteiger partial charge in [-0.15, -0.1) is 0 Å². The molecule has 1 aliphatic heterocycles. The number of hydrogen-bond acceptors (Lipinski definition) is 7. The van der Waals surface area contributed by atoms with Gasteiger partial charge in [0.2, 0.25) is 11.0 Å². The van der Waals surface area contributed by atoms with Gasteiger partial charge in [0.1, 0.15) is 11.9 Å². The maximum Gasteiger partial charge on any atom is 0.407 e. The third-order valence-electron chi connectivity index (χ3n) is 3.26. The predicted molar refractivity (Wildman–Crippen MR) is 87.6 cm³/mol. The van der Waals surface area contributed by atoms with E-state index in [1.54, 1.807) is 27.1 Å². The lowest BCUT2D eigenvalue weighted by molar-refractivity contribution is -0.131. The second-order valence-corrected chi connectivity index (χ2v) is 7.03. The van der Waals surface area contributed by atoms with Gasteiger partial charge in [-0.3, -0.25) is 4.79 Å². The molecule has 1 aromatic heterocycles. The Kier molecular flexibility index (Phi) is 5.75. The van der Waals surface area contributed by atoms with E-state index in [-0.39, 0.29) is 18.9 Å².